The lowest BCUT2D eigenvalue weighted by Gasteiger charge is -2.17. The molecule has 1 N–H and O–H groups in total. The molecule has 0 heterocycles. The van der Waals surface area contributed by atoms with Crippen molar-refractivity contribution in [3.8, 4) is 0 Å². The van der Waals surface area contributed by atoms with E-state index in [0.717, 1.165) is 17.8 Å². The van der Waals surface area contributed by atoms with E-state index in [2.05, 4.69) is 39.6 Å². The van der Waals surface area contributed by atoms with Gasteiger partial charge in [-0.3, -0.25) is 0 Å². The van der Waals surface area contributed by atoms with Gasteiger partial charge in [-0.25, -0.2) is 0 Å². The van der Waals surface area contributed by atoms with Gasteiger partial charge in [-0.1, -0.05) is 62.7 Å². The van der Waals surface area contributed by atoms with E-state index in [1.807, 2.05) is 60.7 Å². The maximum atomic E-state index is 3.84. The molecule has 0 saturated carbocycles. The summed E-state index contributed by atoms with van der Waals surface area (Å²) < 4.78 is 0. The SMILES string of the molecule is C=C(C)CC(C)(C)C.c1ccc(Nc2ccccc2)cc1. The minimum Gasteiger partial charge on any atom is -0.356 e. The summed E-state index contributed by atoms with van der Waals surface area (Å²) >= 11 is 0. The van der Waals surface area contributed by atoms with Crippen LogP contribution in [0.4, 0.5) is 11.4 Å². The molecule has 0 aromatic heterocycles. The second-order valence-corrected chi connectivity index (χ2v) is 6.55. The molecule has 0 aliphatic heterocycles. The van der Waals surface area contributed by atoms with Crippen LogP contribution in [-0.4, -0.2) is 0 Å². The van der Waals surface area contributed by atoms with E-state index in [0.29, 0.717) is 5.41 Å². The normalized spacial score (nSPS) is 10.3. The molecule has 2 aromatic carbocycles. The number of nitrogens with one attached hydrogen (secondary N) is 1. The number of hydrogen-bond acceptors (Lipinski definition) is 1. The number of rotatable bonds is 3. The van der Waals surface area contributed by atoms with Gasteiger partial charge in [-0.05, 0) is 43.0 Å². The second-order valence-electron chi connectivity index (χ2n) is 6.55. The van der Waals surface area contributed by atoms with Crippen LogP contribution in [0.15, 0.2) is 72.8 Å². The van der Waals surface area contributed by atoms with E-state index in [1.54, 1.807) is 0 Å². The molecule has 0 unspecified atom stereocenters. The molecule has 0 fully saturated rings. The summed E-state index contributed by atoms with van der Waals surface area (Å²) in [6.45, 7) is 12.6. The van der Waals surface area contributed by atoms with Crippen LogP contribution in [-0.2, 0) is 0 Å². The van der Waals surface area contributed by atoms with Gasteiger partial charge in [0, 0.05) is 11.4 Å². The van der Waals surface area contributed by atoms with Gasteiger partial charge in [0.05, 0.1) is 0 Å². The molecule has 2 aromatic rings. The summed E-state index contributed by atoms with van der Waals surface area (Å²) in [5.74, 6) is 0. The Labute approximate surface area is 129 Å². The average molecular weight is 281 g/mol. The van der Waals surface area contributed by atoms with E-state index < -0.39 is 0 Å². The average Bonchev–Trinajstić information content (AvgIpc) is 2.39. The van der Waals surface area contributed by atoms with Gasteiger partial charge in [-0.2, -0.15) is 0 Å². The predicted octanol–water partition coefficient (Wildman–Crippen LogP) is 6.43. The maximum absolute atomic E-state index is 3.84. The lowest BCUT2D eigenvalue weighted by atomic mass is 9.89. The fraction of sp³-hybridized carbons (Fsp3) is 0.300. The molecule has 0 saturated heterocycles. The van der Waals surface area contributed by atoms with Crippen molar-refractivity contribution < 1.29 is 0 Å². The van der Waals surface area contributed by atoms with Crippen molar-refractivity contribution in [3.05, 3.63) is 72.8 Å². The Hall–Kier alpha value is -2.02. The van der Waals surface area contributed by atoms with Crippen LogP contribution >= 0.6 is 0 Å². The predicted molar refractivity (Wildman–Crippen MR) is 95.1 cm³/mol. The Kier molecular flexibility index (Phi) is 6.74. The minimum absolute atomic E-state index is 0.422. The molecule has 0 bridgehead atoms. The smallest absolute Gasteiger partial charge is 0.0384 e. The molecule has 1 heteroatoms. The summed E-state index contributed by atoms with van der Waals surface area (Å²) in [6.07, 6.45) is 1.13. The third-order valence-electron chi connectivity index (χ3n) is 2.67. The molecule has 0 radical (unpaired) electrons. The number of benzene rings is 2. The highest BCUT2D eigenvalue weighted by Crippen LogP contribution is 2.22. The Morgan fingerprint density at radius 3 is 1.48 bits per heavy atom. The van der Waals surface area contributed by atoms with E-state index in [-0.39, 0.29) is 0 Å². The molecule has 0 spiro atoms. The van der Waals surface area contributed by atoms with Gasteiger partial charge >= 0.3 is 0 Å². The van der Waals surface area contributed by atoms with Crippen LogP contribution in [0.5, 0.6) is 0 Å². The first-order valence-electron chi connectivity index (χ1n) is 7.38. The first-order chi connectivity index (χ1) is 9.87. The van der Waals surface area contributed by atoms with Crippen molar-refractivity contribution in [2.45, 2.75) is 34.1 Å². The van der Waals surface area contributed by atoms with Crippen LogP contribution in [0.1, 0.15) is 34.1 Å². The van der Waals surface area contributed by atoms with Crippen molar-refractivity contribution >= 4 is 11.4 Å². The number of para-hydroxylation sites is 2. The lowest BCUT2D eigenvalue weighted by Crippen LogP contribution is -2.03. The Balaban J connectivity index is 0.000000240. The first-order valence-corrected chi connectivity index (χ1v) is 7.38. The fourth-order valence-electron chi connectivity index (χ4n) is 2.11. The van der Waals surface area contributed by atoms with Crippen molar-refractivity contribution in [1.82, 2.24) is 0 Å². The molecule has 1 nitrogen and oxygen atoms in total. The first kappa shape index (κ1) is 17.0. The van der Waals surface area contributed by atoms with Crippen molar-refractivity contribution in [1.29, 1.82) is 0 Å². The Morgan fingerprint density at radius 2 is 1.24 bits per heavy atom. The van der Waals surface area contributed by atoms with Gasteiger partial charge in [0.15, 0.2) is 0 Å². The monoisotopic (exact) mass is 281 g/mol. The highest BCUT2D eigenvalue weighted by molar-refractivity contribution is 5.58. The molecule has 0 amide bonds. The van der Waals surface area contributed by atoms with Crippen LogP contribution < -0.4 is 5.32 Å². The molecule has 2 rings (SSSR count). The van der Waals surface area contributed by atoms with E-state index in [9.17, 15) is 0 Å². The van der Waals surface area contributed by atoms with E-state index in [4.69, 9.17) is 0 Å². The van der Waals surface area contributed by atoms with Crippen molar-refractivity contribution in [3.63, 3.8) is 0 Å². The van der Waals surface area contributed by atoms with Gasteiger partial charge < -0.3 is 5.32 Å². The minimum atomic E-state index is 0.422. The molecule has 21 heavy (non-hydrogen) atoms. The topological polar surface area (TPSA) is 12.0 Å². The Morgan fingerprint density at radius 1 is 0.857 bits per heavy atom. The van der Waals surface area contributed by atoms with Crippen LogP contribution in [0.2, 0.25) is 0 Å². The zero-order chi connectivity index (χ0) is 15.7. The van der Waals surface area contributed by atoms with Crippen molar-refractivity contribution in [2.24, 2.45) is 5.41 Å². The quantitative estimate of drug-likeness (QED) is 0.639. The molecule has 112 valence electrons. The summed E-state index contributed by atoms with van der Waals surface area (Å²) in [5, 5.41) is 3.30. The lowest BCUT2D eigenvalue weighted by molar-refractivity contribution is 0.410. The second kappa shape index (κ2) is 8.31. The standard InChI is InChI=1S/C12H11N.C8H16/c1-3-7-11(8-4-1)13-12-9-5-2-6-10-12;1-7(2)6-8(3,4)5/h1-10,13H;1,6H2,2-5H3. The Bertz CT molecular complexity index is 483. The number of anilines is 2. The maximum Gasteiger partial charge on any atom is 0.0384 e. The van der Waals surface area contributed by atoms with Gasteiger partial charge in [0.2, 0.25) is 0 Å². The number of hydrogen-bond donors (Lipinski definition) is 1. The highest BCUT2D eigenvalue weighted by Gasteiger charge is 2.08. The van der Waals surface area contributed by atoms with Crippen LogP contribution in [0, 0.1) is 5.41 Å². The fourth-order valence-corrected chi connectivity index (χ4v) is 2.11. The highest BCUT2D eigenvalue weighted by atomic mass is 14.9. The third kappa shape index (κ3) is 8.69. The molecule has 0 aliphatic rings. The summed E-state index contributed by atoms with van der Waals surface area (Å²) in [6, 6.07) is 20.3. The molecular weight excluding hydrogens is 254 g/mol. The van der Waals surface area contributed by atoms with Crippen molar-refractivity contribution in [2.75, 3.05) is 5.32 Å². The third-order valence-corrected chi connectivity index (χ3v) is 2.67. The van der Waals surface area contributed by atoms with Gasteiger partial charge in [-0.15, -0.1) is 6.58 Å². The summed E-state index contributed by atoms with van der Waals surface area (Å²) in [7, 11) is 0. The summed E-state index contributed by atoms with van der Waals surface area (Å²) in [4.78, 5) is 0. The van der Waals surface area contributed by atoms with Crippen LogP contribution in [0.3, 0.4) is 0 Å². The largest absolute Gasteiger partial charge is 0.356 e. The van der Waals surface area contributed by atoms with Gasteiger partial charge in [0.25, 0.3) is 0 Å². The zero-order valence-corrected chi connectivity index (χ0v) is 13.7. The molecular formula is C20H27N. The molecule has 0 aliphatic carbocycles. The van der Waals surface area contributed by atoms with Gasteiger partial charge in [0.1, 0.15) is 0 Å². The van der Waals surface area contributed by atoms with E-state index >= 15 is 0 Å². The van der Waals surface area contributed by atoms with E-state index in [1.165, 1.54) is 5.57 Å². The zero-order valence-electron chi connectivity index (χ0n) is 13.7. The summed E-state index contributed by atoms with van der Waals surface area (Å²) in [5.41, 5.74) is 3.94. The van der Waals surface area contributed by atoms with Crippen LogP contribution in [0.25, 0.3) is 0 Å². The molecule has 0 atom stereocenters. The number of allylic oxidation sites excluding steroid dienone is 1.